The van der Waals surface area contributed by atoms with Crippen LogP contribution in [0, 0.1) is 0 Å². The van der Waals surface area contributed by atoms with Crippen LogP contribution < -0.4 is 16.6 Å². The minimum Gasteiger partial charge on any atom is -0.398 e. The van der Waals surface area contributed by atoms with E-state index in [0.29, 0.717) is 22.2 Å². The number of hydrogen-bond acceptors (Lipinski definition) is 5. The van der Waals surface area contributed by atoms with Gasteiger partial charge in [-0.3, -0.25) is 9.59 Å². The van der Waals surface area contributed by atoms with Gasteiger partial charge in [-0.25, -0.2) is 4.98 Å². The quantitative estimate of drug-likeness (QED) is 0.454. The summed E-state index contributed by atoms with van der Waals surface area (Å²) in [7, 11) is 0. The molecule has 6 nitrogen and oxygen atoms in total. The Bertz CT molecular complexity index is 803. The largest absolute Gasteiger partial charge is 0.398 e. The summed E-state index contributed by atoms with van der Waals surface area (Å²) < 4.78 is 0. The average Bonchev–Trinajstić information content (AvgIpc) is 2.52. The number of benzene rings is 1. The van der Waals surface area contributed by atoms with Gasteiger partial charge >= 0.3 is 0 Å². The molecule has 1 amide bonds. The minimum atomic E-state index is -0.374. The Morgan fingerprint density at radius 2 is 2.13 bits per heavy atom. The molecule has 0 saturated carbocycles. The molecular weight excluding hydrogens is 312 g/mol. The molecule has 0 radical (unpaired) electrons. The third-order valence-electron chi connectivity index (χ3n) is 3.74. The van der Waals surface area contributed by atoms with E-state index in [-0.39, 0.29) is 23.8 Å². The predicted octanol–water partition coefficient (Wildman–Crippen LogP) is 2.33. The van der Waals surface area contributed by atoms with E-state index in [2.05, 4.69) is 22.2 Å². The molecule has 2 heterocycles. The summed E-state index contributed by atoms with van der Waals surface area (Å²) in [5.74, 6) is 0.665. The van der Waals surface area contributed by atoms with Gasteiger partial charge in [-0.15, -0.1) is 0 Å². The lowest BCUT2D eigenvalue weighted by atomic mass is 9.86. The number of nitrogens with one attached hydrogen (secondary N) is 2. The Balaban J connectivity index is 2.09. The van der Waals surface area contributed by atoms with Crippen molar-refractivity contribution < 1.29 is 4.79 Å². The highest BCUT2D eigenvalue weighted by Gasteiger charge is 2.31. The van der Waals surface area contributed by atoms with Gasteiger partial charge in [-0.1, -0.05) is 36.9 Å². The number of para-hydroxylation sites is 1. The molecule has 0 fully saturated rings. The molecular formula is C16H18N4O2S. The Morgan fingerprint density at radius 1 is 1.35 bits per heavy atom. The topological polar surface area (TPSA) is 101 Å². The Morgan fingerprint density at radius 3 is 2.87 bits per heavy atom. The fraction of sp³-hybridized carbons (Fsp3) is 0.312. The van der Waals surface area contributed by atoms with Crippen LogP contribution in [-0.2, 0) is 4.79 Å². The Labute approximate surface area is 137 Å². The van der Waals surface area contributed by atoms with Gasteiger partial charge in [-0.05, 0) is 18.1 Å². The van der Waals surface area contributed by atoms with E-state index < -0.39 is 0 Å². The molecule has 120 valence electrons. The number of nitrogen functional groups attached to an aromatic ring is 1. The van der Waals surface area contributed by atoms with E-state index in [0.717, 1.165) is 17.7 Å². The summed E-state index contributed by atoms with van der Waals surface area (Å²) in [4.78, 5) is 31.8. The standard InChI is InChI=1S/C16H18N4O2S/c1-2-7-23-16-19-14-13(15(22)20-16)10(8-12(21)18-14)9-5-3-4-6-11(9)17/h3-6,10H,2,7-8,17H2,1H3,(H2,18,19,20,21,22). The molecule has 0 spiro atoms. The zero-order valence-electron chi connectivity index (χ0n) is 12.8. The maximum Gasteiger partial charge on any atom is 0.257 e. The van der Waals surface area contributed by atoms with Crippen molar-refractivity contribution in [3.05, 3.63) is 45.7 Å². The molecule has 1 aliphatic rings. The van der Waals surface area contributed by atoms with Gasteiger partial charge in [0.15, 0.2) is 5.16 Å². The highest BCUT2D eigenvalue weighted by atomic mass is 32.2. The fourth-order valence-corrected chi connectivity index (χ4v) is 3.43. The number of amides is 1. The van der Waals surface area contributed by atoms with Crippen LogP contribution in [-0.4, -0.2) is 21.6 Å². The fourth-order valence-electron chi connectivity index (χ4n) is 2.71. The molecule has 0 bridgehead atoms. The summed E-state index contributed by atoms with van der Waals surface area (Å²) in [5, 5.41) is 3.24. The van der Waals surface area contributed by atoms with Crippen LogP contribution in [0.25, 0.3) is 0 Å². The molecule has 1 atom stereocenters. The number of rotatable bonds is 4. The zero-order chi connectivity index (χ0) is 16.4. The normalized spacial score (nSPS) is 16.7. The monoisotopic (exact) mass is 330 g/mol. The van der Waals surface area contributed by atoms with Crippen molar-refractivity contribution in [1.29, 1.82) is 0 Å². The van der Waals surface area contributed by atoms with E-state index >= 15 is 0 Å². The molecule has 1 aliphatic heterocycles. The predicted molar refractivity (Wildman–Crippen MR) is 91.8 cm³/mol. The summed E-state index contributed by atoms with van der Waals surface area (Å²) in [6.45, 7) is 2.06. The molecule has 4 N–H and O–H groups in total. The number of carbonyl (C=O) groups excluding carboxylic acids is 1. The molecule has 1 unspecified atom stereocenters. The minimum absolute atomic E-state index is 0.157. The summed E-state index contributed by atoms with van der Waals surface area (Å²) in [6, 6.07) is 7.30. The number of thioether (sulfide) groups is 1. The van der Waals surface area contributed by atoms with Crippen molar-refractivity contribution in [3.8, 4) is 0 Å². The highest BCUT2D eigenvalue weighted by molar-refractivity contribution is 7.99. The van der Waals surface area contributed by atoms with Gasteiger partial charge in [-0.2, -0.15) is 0 Å². The second-order valence-corrected chi connectivity index (χ2v) is 6.50. The van der Waals surface area contributed by atoms with Crippen LogP contribution in [0.2, 0.25) is 0 Å². The number of aromatic amines is 1. The molecule has 0 aliphatic carbocycles. The number of anilines is 2. The van der Waals surface area contributed by atoms with Gasteiger partial charge in [0, 0.05) is 23.8 Å². The lowest BCUT2D eigenvalue weighted by molar-refractivity contribution is -0.116. The Hall–Kier alpha value is -2.28. The van der Waals surface area contributed by atoms with Gasteiger partial charge in [0.2, 0.25) is 5.91 Å². The molecule has 0 saturated heterocycles. The number of carbonyl (C=O) groups is 1. The number of nitrogens with zero attached hydrogens (tertiary/aromatic N) is 1. The van der Waals surface area contributed by atoms with Gasteiger partial charge < -0.3 is 16.0 Å². The first-order valence-corrected chi connectivity index (χ1v) is 8.50. The number of H-pyrrole nitrogens is 1. The number of fused-ring (bicyclic) bond motifs is 1. The van der Waals surface area contributed by atoms with Gasteiger partial charge in [0.1, 0.15) is 5.82 Å². The summed E-state index contributed by atoms with van der Waals surface area (Å²) in [6.07, 6.45) is 1.16. The van der Waals surface area contributed by atoms with Crippen LogP contribution in [0.4, 0.5) is 11.5 Å². The summed E-state index contributed by atoms with van der Waals surface area (Å²) >= 11 is 1.47. The van der Waals surface area contributed by atoms with Gasteiger partial charge in [0.05, 0.1) is 5.56 Å². The van der Waals surface area contributed by atoms with Crippen LogP contribution in [0.1, 0.15) is 36.8 Å². The highest BCUT2D eigenvalue weighted by Crippen LogP contribution is 2.36. The first-order chi connectivity index (χ1) is 11.1. The van der Waals surface area contributed by atoms with Crippen LogP contribution >= 0.6 is 11.8 Å². The van der Waals surface area contributed by atoms with E-state index in [4.69, 9.17) is 5.73 Å². The van der Waals surface area contributed by atoms with Gasteiger partial charge in [0.25, 0.3) is 5.56 Å². The van der Waals surface area contributed by atoms with Crippen molar-refractivity contribution >= 4 is 29.2 Å². The summed E-state index contributed by atoms with van der Waals surface area (Å²) in [5.41, 5.74) is 7.64. The van der Waals surface area contributed by atoms with Crippen molar-refractivity contribution in [3.63, 3.8) is 0 Å². The third-order valence-corrected chi connectivity index (χ3v) is 4.82. The van der Waals surface area contributed by atoms with E-state index in [1.165, 1.54) is 11.8 Å². The van der Waals surface area contributed by atoms with Crippen LogP contribution in [0.3, 0.4) is 0 Å². The zero-order valence-corrected chi connectivity index (χ0v) is 13.6. The lowest BCUT2D eigenvalue weighted by Crippen LogP contribution is -2.31. The first kappa shape index (κ1) is 15.6. The second kappa shape index (κ2) is 6.45. The maximum atomic E-state index is 12.5. The molecule has 1 aromatic heterocycles. The first-order valence-electron chi connectivity index (χ1n) is 7.51. The maximum absolute atomic E-state index is 12.5. The SMILES string of the molecule is CCCSc1nc2c(c(=O)[nH]1)C(c1ccccc1N)CC(=O)N2. The molecule has 3 rings (SSSR count). The van der Waals surface area contributed by atoms with Crippen LogP contribution in [0.15, 0.2) is 34.2 Å². The smallest absolute Gasteiger partial charge is 0.257 e. The molecule has 7 heteroatoms. The van der Waals surface area contributed by atoms with Crippen molar-refractivity contribution in [2.24, 2.45) is 0 Å². The second-order valence-electron chi connectivity index (χ2n) is 5.42. The third kappa shape index (κ3) is 3.10. The van der Waals surface area contributed by atoms with Crippen LogP contribution in [0.5, 0.6) is 0 Å². The molecule has 2 aromatic rings. The van der Waals surface area contributed by atoms with Crippen molar-refractivity contribution in [2.75, 3.05) is 16.8 Å². The Kier molecular flexibility index (Phi) is 4.38. The number of aromatic nitrogens is 2. The molecule has 23 heavy (non-hydrogen) atoms. The van der Waals surface area contributed by atoms with E-state index in [1.54, 1.807) is 6.07 Å². The van der Waals surface area contributed by atoms with Crippen molar-refractivity contribution in [2.45, 2.75) is 30.8 Å². The average molecular weight is 330 g/mol. The molecule has 1 aromatic carbocycles. The lowest BCUT2D eigenvalue weighted by Gasteiger charge is -2.25. The number of nitrogens with two attached hydrogens (primary N) is 1. The van der Waals surface area contributed by atoms with Crippen molar-refractivity contribution in [1.82, 2.24) is 9.97 Å². The van der Waals surface area contributed by atoms with E-state index in [9.17, 15) is 9.59 Å². The number of hydrogen-bond donors (Lipinski definition) is 3. The van der Waals surface area contributed by atoms with E-state index in [1.807, 2.05) is 18.2 Å².